The molecular weight excluding hydrogens is 298 g/mol. The molecule has 0 radical (unpaired) electrons. The first-order chi connectivity index (χ1) is 10.7. The van der Waals surface area contributed by atoms with Gasteiger partial charge in [-0.2, -0.15) is 0 Å². The van der Waals surface area contributed by atoms with Gasteiger partial charge in [0.15, 0.2) is 5.13 Å². The van der Waals surface area contributed by atoms with E-state index in [1.807, 2.05) is 25.1 Å². The van der Waals surface area contributed by atoms with E-state index in [1.54, 1.807) is 0 Å². The van der Waals surface area contributed by atoms with Gasteiger partial charge >= 0.3 is 0 Å². The minimum atomic E-state index is 0.0518. The number of nitrogens with one attached hydrogen (secondary N) is 2. The molecule has 2 aromatic rings. The number of hydrogen-bond acceptors (Lipinski definition) is 5. The highest BCUT2D eigenvalue weighted by atomic mass is 32.1. The second kappa shape index (κ2) is 7.07. The van der Waals surface area contributed by atoms with Crippen molar-refractivity contribution >= 4 is 32.6 Å². The van der Waals surface area contributed by atoms with Crippen LogP contribution in [0, 0.1) is 5.92 Å². The van der Waals surface area contributed by atoms with Gasteiger partial charge in [-0.05, 0) is 57.0 Å². The molecule has 22 heavy (non-hydrogen) atoms. The van der Waals surface area contributed by atoms with Crippen LogP contribution in [-0.4, -0.2) is 30.6 Å². The molecule has 0 spiro atoms. The Hall–Kier alpha value is -1.66. The highest BCUT2D eigenvalue weighted by Gasteiger charge is 2.16. The summed E-state index contributed by atoms with van der Waals surface area (Å²) in [6, 6.07) is 5.80. The standard InChI is InChI=1S/C16H21N3O2S/c1-2-21-12-4-5-13-14(9-12)22-16(18-13)19-15(20)6-3-11-7-8-17-10-11/h4-5,9,11,17H,2-3,6-8,10H2,1H3,(H,18,19,20). The van der Waals surface area contributed by atoms with Crippen LogP contribution < -0.4 is 15.4 Å². The van der Waals surface area contributed by atoms with Crippen LogP contribution in [0.2, 0.25) is 0 Å². The SMILES string of the molecule is CCOc1ccc2nc(NC(=O)CCC3CCNC3)sc2c1. The normalized spacial score (nSPS) is 17.8. The number of rotatable bonds is 6. The van der Waals surface area contributed by atoms with Crippen LogP contribution in [-0.2, 0) is 4.79 Å². The molecule has 0 aliphatic carbocycles. The number of ether oxygens (including phenoxy) is 1. The van der Waals surface area contributed by atoms with E-state index in [-0.39, 0.29) is 5.91 Å². The Labute approximate surface area is 134 Å². The topological polar surface area (TPSA) is 63.2 Å². The van der Waals surface area contributed by atoms with Crippen LogP contribution in [0.4, 0.5) is 5.13 Å². The molecule has 118 valence electrons. The Balaban J connectivity index is 1.59. The molecule has 3 rings (SSSR count). The average Bonchev–Trinajstić information content (AvgIpc) is 3.13. The fourth-order valence-corrected chi connectivity index (χ4v) is 3.60. The summed E-state index contributed by atoms with van der Waals surface area (Å²) in [5.74, 6) is 1.52. The van der Waals surface area contributed by atoms with Gasteiger partial charge in [0.25, 0.3) is 0 Å². The summed E-state index contributed by atoms with van der Waals surface area (Å²) in [6.07, 6.45) is 2.68. The number of carbonyl (C=O) groups is 1. The molecule has 1 unspecified atom stereocenters. The number of hydrogen-bond donors (Lipinski definition) is 2. The number of carbonyl (C=O) groups excluding carboxylic acids is 1. The van der Waals surface area contributed by atoms with Crippen molar-refractivity contribution in [2.24, 2.45) is 5.92 Å². The molecule has 1 atom stereocenters. The third-order valence-electron chi connectivity index (χ3n) is 3.86. The van der Waals surface area contributed by atoms with Crippen LogP contribution in [0.5, 0.6) is 5.75 Å². The molecule has 5 nitrogen and oxygen atoms in total. The van der Waals surface area contributed by atoms with Gasteiger partial charge in [-0.3, -0.25) is 4.79 Å². The summed E-state index contributed by atoms with van der Waals surface area (Å²) in [5, 5.41) is 6.90. The van der Waals surface area contributed by atoms with Crippen molar-refractivity contribution in [3.63, 3.8) is 0 Å². The molecule has 1 fully saturated rings. The van der Waals surface area contributed by atoms with Crippen LogP contribution in [0.15, 0.2) is 18.2 Å². The van der Waals surface area contributed by atoms with E-state index in [9.17, 15) is 4.79 Å². The van der Waals surface area contributed by atoms with Gasteiger partial charge < -0.3 is 15.4 Å². The van der Waals surface area contributed by atoms with Crippen molar-refractivity contribution in [1.82, 2.24) is 10.3 Å². The molecule has 0 saturated carbocycles. The zero-order valence-electron chi connectivity index (χ0n) is 12.7. The Kier molecular flexibility index (Phi) is 4.90. The van der Waals surface area contributed by atoms with Gasteiger partial charge in [0.05, 0.1) is 16.8 Å². The third kappa shape index (κ3) is 3.75. The molecule has 6 heteroatoms. The fourth-order valence-electron chi connectivity index (χ4n) is 2.69. The van der Waals surface area contributed by atoms with Gasteiger partial charge in [0, 0.05) is 6.42 Å². The molecule has 2 N–H and O–H groups in total. The van der Waals surface area contributed by atoms with E-state index in [2.05, 4.69) is 15.6 Å². The Bertz CT molecular complexity index is 650. The van der Waals surface area contributed by atoms with Gasteiger partial charge in [0.2, 0.25) is 5.91 Å². The lowest BCUT2D eigenvalue weighted by Gasteiger charge is -2.06. The van der Waals surface area contributed by atoms with Gasteiger partial charge in [-0.25, -0.2) is 4.98 Å². The van der Waals surface area contributed by atoms with Crippen molar-refractivity contribution in [3.8, 4) is 5.75 Å². The summed E-state index contributed by atoms with van der Waals surface area (Å²) in [5.41, 5.74) is 0.892. The van der Waals surface area contributed by atoms with E-state index >= 15 is 0 Å². The van der Waals surface area contributed by atoms with Crippen LogP contribution in [0.3, 0.4) is 0 Å². The highest BCUT2D eigenvalue weighted by Crippen LogP contribution is 2.29. The van der Waals surface area contributed by atoms with E-state index in [0.29, 0.717) is 24.1 Å². The number of thiazole rings is 1. The number of fused-ring (bicyclic) bond motifs is 1. The molecule has 1 aliphatic heterocycles. The average molecular weight is 319 g/mol. The lowest BCUT2D eigenvalue weighted by Crippen LogP contribution is -2.14. The second-order valence-corrected chi connectivity index (χ2v) is 6.56. The quantitative estimate of drug-likeness (QED) is 0.859. The highest BCUT2D eigenvalue weighted by molar-refractivity contribution is 7.22. The number of nitrogens with zero attached hydrogens (tertiary/aromatic N) is 1. The predicted molar refractivity (Wildman–Crippen MR) is 89.6 cm³/mol. The number of benzene rings is 1. The zero-order valence-corrected chi connectivity index (χ0v) is 13.5. The Morgan fingerprint density at radius 2 is 2.45 bits per heavy atom. The van der Waals surface area contributed by atoms with Crippen molar-refractivity contribution in [1.29, 1.82) is 0 Å². The lowest BCUT2D eigenvalue weighted by atomic mass is 10.0. The Morgan fingerprint density at radius 1 is 1.55 bits per heavy atom. The van der Waals surface area contributed by atoms with Crippen LogP contribution >= 0.6 is 11.3 Å². The molecule has 1 saturated heterocycles. The maximum Gasteiger partial charge on any atom is 0.226 e. The third-order valence-corrected chi connectivity index (χ3v) is 4.79. The van der Waals surface area contributed by atoms with Crippen molar-refractivity contribution in [2.45, 2.75) is 26.2 Å². The summed E-state index contributed by atoms with van der Waals surface area (Å²) < 4.78 is 6.51. The minimum Gasteiger partial charge on any atom is -0.494 e. The molecule has 1 amide bonds. The van der Waals surface area contributed by atoms with E-state index in [0.717, 1.165) is 35.5 Å². The first-order valence-electron chi connectivity index (χ1n) is 7.78. The largest absolute Gasteiger partial charge is 0.494 e. The number of amides is 1. The molecular formula is C16H21N3O2S. The summed E-state index contributed by atoms with van der Waals surface area (Å²) in [7, 11) is 0. The summed E-state index contributed by atoms with van der Waals surface area (Å²) in [6.45, 7) is 4.72. The molecule has 1 aromatic heterocycles. The minimum absolute atomic E-state index is 0.0518. The monoisotopic (exact) mass is 319 g/mol. The number of aromatic nitrogens is 1. The Morgan fingerprint density at radius 3 is 3.23 bits per heavy atom. The van der Waals surface area contributed by atoms with E-state index < -0.39 is 0 Å². The van der Waals surface area contributed by atoms with Crippen molar-refractivity contribution < 1.29 is 9.53 Å². The maximum absolute atomic E-state index is 12.0. The summed E-state index contributed by atoms with van der Waals surface area (Å²) >= 11 is 1.49. The first-order valence-corrected chi connectivity index (χ1v) is 8.60. The molecule has 0 bridgehead atoms. The van der Waals surface area contributed by atoms with E-state index in [1.165, 1.54) is 17.8 Å². The second-order valence-electron chi connectivity index (χ2n) is 5.53. The van der Waals surface area contributed by atoms with E-state index in [4.69, 9.17) is 4.74 Å². The molecule has 2 heterocycles. The lowest BCUT2D eigenvalue weighted by molar-refractivity contribution is -0.116. The first kappa shape index (κ1) is 15.2. The van der Waals surface area contributed by atoms with Crippen molar-refractivity contribution in [3.05, 3.63) is 18.2 Å². The van der Waals surface area contributed by atoms with Gasteiger partial charge in [-0.15, -0.1) is 0 Å². The summed E-state index contributed by atoms with van der Waals surface area (Å²) in [4.78, 5) is 16.5. The van der Waals surface area contributed by atoms with Gasteiger partial charge in [0.1, 0.15) is 5.75 Å². The molecule has 1 aromatic carbocycles. The van der Waals surface area contributed by atoms with Crippen LogP contribution in [0.25, 0.3) is 10.2 Å². The fraction of sp³-hybridized carbons (Fsp3) is 0.500. The van der Waals surface area contributed by atoms with Gasteiger partial charge in [-0.1, -0.05) is 11.3 Å². The smallest absolute Gasteiger partial charge is 0.226 e. The van der Waals surface area contributed by atoms with Crippen LogP contribution in [0.1, 0.15) is 26.2 Å². The molecule has 1 aliphatic rings. The maximum atomic E-state index is 12.0. The number of anilines is 1. The predicted octanol–water partition coefficient (Wildman–Crippen LogP) is 3.02. The van der Waals surface area contributed by atoms with Crippen molar-refractivity contribution in [2.75, 3.05) is 25.0 Å². The zero-order chi connectivity index (χ0) is 15.4.